The summed E-state index contributed by atoms with van der Waals surface area (Å²) in [5.41, 5.74) is 9.14. The topological polar surface area (TPSA) is 48.8 Å². The van der Waals surface area contributed by atoms with Gasteiger partial charge in [0, 0.05) is 42.8 Å². The van der Waals surface area contributed by atoms with E-state index in [-0.39, 0.29) is 0 Å². The van der Waals surface area contributed by atoms with Crippen molar-refractivity contribution in [2.45, 2.75) is 0 Å². The summed E-state index contributed by atoms with van der Waals surface area (Å²) in [6.45, 7) is 0. The van der Waals surface area contributed by atoms with Gasteiger partial charge < -0.3 is 10.3 Å². The van der Waals surface area contributed by atoms with Crippen molar-refractivity contribution in [3.05, 3.63) is 36.5 Å². The number of nitrogens with zero attached hydrogens (tertiary/aromatic N) is 3. The fraction of sp³-hybridized carbons (Fsp3) is 0.154. The van der Waals surface area contributed by atoms with E-state index in [0.717, 1.165) is 11.3 Å². The Labute approximate surface area is 99.3 Å². The molecule has 2 heterocycles. The van der Waals surface area contributed by atoms with Crippen LogP contribution in [0, 0.1) is 0 Å². The Balaban J connectivity index is 2.34. The molecule has 0 saturated heterocycles. The smallest absolute Gasteiger partial charge is 0.146 e. The molecule has 2 aromatic heterocycles. The van der Waals surface area contributed by atoms with E-state index in [0.29, 0.717) is 5.82 Å². The largest absolute Gasteiger partial charge is 0.382 e. The number of anilines is 1. The van der Waals surface area contributed by atoms with Crippen molar-refractivity contribution in [3.63, 3.8) is 0 Å². The Morgan fingerprint density at radius 2 is 1.94 bits per heavy atom. The Morgan fingerprint density at radius 3 is 2.65 bits per heavy atom. The summed E-state index contributed by atoms with van der Waals surface area (Å²) in [7, 11) is 3.96. The van der Waals surface area contributed by atoms with Crippen molar-refractivity contribution in [2.75, 3.05) is 5.73 Å². The quantitative estimate of drug-likeness (QED) is 0.691. The number of nitrogens with two attached hydrogens (primary N) is 1. The lowest BCUT2D eigenvalue weighted by atomic mass is 10.1. The molecule has 86 valence electrons. The third kappa shape index (κ3) is 1.41. The molecule has 0 aliphatic heterocycles. The summed E-state index contributed by atoms with van der Waals surface area (Å²) in [5, 5.41) is 5.41. The maximum Gasteiger partial charge on any atom is 0.146 e. The van der Waals surface area contributed by atoms with Crippen LogP contribution in [0.25, 0.3) is 22.2 Å². The molecule has 4 nitrogen and oxygen atoms in total. The Hall–Kier alpha value is -2.23. The molecule has 3 rings (SSSR count). The summed E-state index contributed by atoms with van der Waals surface area (Å²) in [6.07, 6.45) is 2.11. The number of rotatable bonds is 1. The minimum absolute atomic E-state index is 0.551. The number of para-hydroxylation sites is 1. The van der Waals surface area contributed by atoms with E-state index in [1.807, 2.05) is 37.0 Å². The van der Waals surface area contributed by atoms with Crippen LogP contribution in [0.2, 0.25) is 0 Å². The van der Waals surface area contributed by atoms with Crippen molar-refractivity contribution in [1.82, 2.24) is 14.3 Å². The molecule has 3 aromatic rings. The molecule has 0 bridgehead atoms. The predicted molar refractivity (Wildman–Crippen MR) is 69.5 cm³/mol. The van der Waals surface area contributed by atoms with Gasteiger partial charge in [0.25, 0.3) is 0 Å². The first-order valence-corrected chi connectivity index (χ1v) is 5.51. The van der Waals surface area contributed by atoms with Crippen molar-refractivity contribution in [2.24, 2.45) is 14.1 Å². The van der Waals surface area contributed by atoms with Crippen LogP contribution < -0.4 is 5.73 Å². The minimum Gasteiger partial charge on any atom is -0.382 e. The molecule has 2 N–H and O–H groups in total. The second-order valence-electron chi connectivity index (χ2n) is 4.25. The summed E-state index contributed by atoms with van der Waals surface area (Å²) in [5.74, 6) is 0.551. The van der Waals surface area contributed by atoms with Gasteiger partial charge in [0.15, 0.2) is 0 Å². The summed E-state index contributed by atoms with van der Waals surface area (Å²) in [6, 6.07) is 10.2. The van der Waals surface area contributed by atoms with Crippen LogP contribution in [0.15, 0.2) is 36.5 Å². The lowest BCUT2D eigenvalue weighted by molar-refractivity contribution is 0.780. The second kappa shape index (κ2) is 3.38. The molecule has 0 atom stereocenters. The van der Waals surface area contributed by atoms with E-state index >= 15 is 0 Å². The van der Waals surface area contributed by atoms with Gasteiger partial charge in [-0.25, -0.2) is 0 Å². The molecule has 17 heavy (non-hydrogen) atoms. The Bertz CT molecular complexity index is 691. The molecule has 0 radical (unpaired) electrons. The fourth-order valence-corrected chi connectivity index (χ4v) is 2.29. The average molecular weight is 226 g/mol. The minimum atomic E-state index is 0.551. The highest BCUT2D eigenvalue weighted by atomic mass is 15.3. The molecular weight excluding hydrogens is 212 g/mol. The van der Waals surface area contributed by atoms with E-state index in [1.165, 1.54) is 10.9 Å². The lowest BCUT2D eigenvalue weighted by Gasteiger charge is -1.98. The Kier molecular flexibility index (Phi) is 1.98. The SMILES string of the molecule is Cn1nc(N)cc1-c1cn(C)c2ccccc12. The van der Waals surface area contributed by atoms with E-state index in [9.17, 15) is 0 Å². The molecule has 0 amide bonds. The van der Waals surface area contributed by atoms with Gasteiger partial charge in [-0.05, 0) is 6.07 Å². The van der Waals surface area contributed by atoms with Gasteiger partial charge in [-0.3, -0.25) is 4.68 Å². The van der Waals surface area contributed by atoms with Gasteiger partial charge in [0.05, 0.1) is 5.69 Å². The third-order valence-electron chi connectivity index (χ3n) is 3.07. The molecule has 1 aromatic carbocycles. The predicted octanol–water partition coefficient (Wildman–Crippen LogP) is 2.16. The van der Waals surface area contributed by atoms with Crippen LogP contribution >= 0.6 is 0 Å². The van der Waals surface area contributed by atoms with Gasteiger partial charge in [-0.2, -0.15) is 5.10 Å². The fourth-order valence-electron chi connectivity index (χ4n) is 2.29. The molecule has 0 fully saturated rings. The van der Waals surface area contributed by atoms with E-state index in [1.54, 1.807) is 0 Å². The van der Waals surface area contributed by atoms with Crippen LogP contribution in [0.3, 0.4) is 0 Å². The normalized spacial score (nSPS) is 11.2. The van der Waals surface area contributed by atoms with Gasteiger partial charge in [-0.1, -0.05) is 18.2 Å². The van der Waals surface area contributed by atoms with Gasteiger partial charge >= 0.3 is 0 Å². The van der Waals surface area contributed by atoms with Crippen LogP contribution in [-0.4, -0.2) is 14.3 Å². The Morgan fingerprint density at radius 1 is 1.18 bits per heavy atom. The van der Waals surface area contributed by atoms with Crippen molar-refractivity contribution in [3.8, 4) is 11.3 Å². The van der Waals surface area contributed by atoms with Crippen molar-refractivity contribution < 1.29 is 0 Å². The van der Waals surface area contributed by atoms with Crippen molar-refractivity contribution in [1.29, 1.82) is 0 Å². The number of hydrogen-bond donors (Lipinski definition) is 1. The summed E-state index contributed by atoms with van der Waals surface area (Å²) >= 11 is 0. The molecule has 0 aliphatic carbocycles. The zero-order valence-electron chi connectivity index (χ0n) is 9.88. The van der Waals surface area contributed by atoms with E-state index < -0.39 is 0 Å². The van der Waals surface area contributed by atoms with Crippen molar-refractivity contribution >= 4 is 16.7 Å². The maximum atomic E-state index is 5.73. The van der Waals surface area contributed by atoms with Crippen LogP contribution in [-0.2, 0) is 14.1 Å². The first-order chi connectivity index (χ1) is 8.16. The maximum absolute atomic E-state index is 5.73. The number of fused-ring (bicyclic) bond motifs is 1. The van der Waals surface area contributed by atoms with Gasteiger partial charge in [0.1, 0.15) is 5.82 Å². The highest BCUT2D eigenvalue weighted by molar-refractivity contribution is 5.95. The van der Waals surface area contributed by atoms with Crippen LogP contribution in [0.1, 0.15) is 0 Å². The van der Waals surface area contributed by atoms with Crippen LogP contribution in [0.4, 0.5) is 5.82 Å². The number of benzene rings is 1. The second-order valence-corrected chi connectivity index (χ2v) is 4.25. The number of nitrogen functional groups attached to an aromatic ring is 1. The first kappa shape index (κ1) is 9.96. The standard InChI is InChI=1S/C13H14N4/c1-16-8-10(9-5-3-4-6-11(9)16)12-7-13(14)15-17(12)2/h3-8H,1-2H3,(H2,14,15). The molecule has 0 saturated carbocycles. The van der Waals surface area contributed by atoms with Gasteiger partial charge in [-0.15, -0.1) is 0 Å². The molecule has 0 aliphatic rings. The number of aryl methyl sites for hydroxylation is 2. The molecule has 0 unspecified atom stereocenters. The number of aromatic nitrogens is 3. The van der Waals surface area contributed by atoms with E-state index in [4.69, 9.17) is 5.73 Å². The van der Waals surface area contributed by atoms with Gasteiger partial charge in [0.2, 0.25) is 0 Å². The number of hydrogen-bond acceptors (Lipinski definition) is 2. The average Bonchev–Trinajstić information content (AvgIpc) is 2.80. The summed E-state index contributed by atoms with van der Waals surface area (Å²) < 4.78 is 3.94. The zero-order valence-corrected chi connectivity index (χ0v) is 9.88. The molecular formula is C13H14N4. The zero-order chi connectivity index (χ0) is 12.0. The monoisotopic (exact) mass is 226 g/mol. The highest BCUT2D eigenvalue weighted by Gasteiger charge is 2.12. The van der Waals surface area contributed by atoms with Crippen LogP contribution in [0.5, 0.6) is 0 Å². The highest BCUT2D eigenvalue weighted by Crippen LogP contribution is 2.30. The van der Waals surface area contributed by atoms with E-state index in [2.05, 4.69) is 28.0 Å². The summed E-state index contributed by atoms with van der Waals surface area (Å²) in [4.78, 5) is 0. The lowest BCUT2D eigenvalue weighted by Crippen LogP contribution is -1.94. The molecule has 0 spiro atoms. The molecule has 4 heteroatoms. The first-order valence-electron chi connectivity index (χ1n) is 5.51. The third-order valence-corrected chi connectivity index (χ3v) is 3.07.